The van der Waals surface area contributed by atoms with Crippen LogP contribution in [0.25, 0.3) is 11.0 Å². The van der Waals surface area contributed by atoms with Crippen LogP contribution in [0.15, 0.2) is 42.7 Å². The fourth-order valence-corrected chi connectivity index (χ4v) is 3.52. The molecule has 0 aliphatic carbocycles. The van der Waals surface area contributed by atoms with E-state index in [1.165, 1.54) is 17.0 Å². The zero-order valence-electron chi connectivity index (χ0n) is 16.2. The van der Waals surface area contributed by atoms with Gasteiger partial charge in [0.05, 0.1) is 29.9 Å². The third-order valence-electron chi connectivity index (χ3n) is 5.01. The van der Waals surface area contributed by atoms with Crippen LogP contribution < -0.4 is 5.32 Å². The molecular formula is C22H23FN4O. The van der Waals surface area contributed by atoms with Gasteiger partial charge in [-0.05, 0) is 49.1 Å². The Hall–Kier alpha value is -3.20. The molecule has 3 rings (SSSR count). The van der Waals surface area contributed by atoms with Crippen molar-refractivity contribution in [2.45, 2.75) is 45.7 Å². The minimum absolute atomic E-state index is 0.00868. The summed E-state index contributed by atoms with van der Waals surface area (Å²) in [5.41, 5.74) is 3.86. The minimum atomic E-state index is -0.398. The summed E-state index contributed by atoms with van der Waals surface area (Å²) in [6.45, 7) is 5.87. The van der Waals surface area contributed by atoms with E-state index in [1.54, 1.807) is 12.1 Å². The number of benzene rings is 2. The van der Waals surface area contributed by atoms with Crippen LogP contribution in [0.5, 0.6) is 0 Å². The summed E-state index contributed by atoms with van der Waals surface area (Å²) >= 11 is 0. The van der Waals surface area contributed by atoms with Crippen LogP contribution in [0.1, 0.15) is 48.9 Å². The van der Waals surface area contributed by atoms with Gasteiger partial charge in [0.2, 0.25) is 5.91 Å². The molecule has 0 aliphatic heterocycles. The van der Waals surface area contributed by atoms with Gasteiger partial charge in [0.1, 0.15) is 17.9 Å². The second-order valence-corrected chi connectivity index (χ2v) is 6.98. The van der Waals surface area contributed by atoms with E-state index in [0.29, 0.717) is 11.0 Å². The van der Waals surface area contributed by atoms with E-state index in [4.69, 9.17) is 0 Å². The number of carbonyl (C=O) groups is 1. The van der Waals surface area contributed by atoms with Crippen molar-refractivity contribution in [2.75, 3.05) is 0 Å². The summed E-state index contributed by atoms with van der Waals surface area (Å²) in [5, 5.41) is 12.2. The second-order valence-electron chi connectivity index (χ2n) is 6.98. The van der Waals surface area contributed by atoms with Gasteiger partial charge < -0.3 is 9.88 Å². The molecule has 0 saturated carbocycles. The van der Waals surface area contributed by atoms with Crippen molar-refractivity contribution in [3.05, 3.63) is 65.2 Å². The maximum Gasteiger partial charge on any atom is 0.240 e. The van der Waals surface area contributed by atoms with Crippen LogP contribution in [-0.4, -0.2) is 15.5 Å². The molecule has 2 aromatic carbocycles. The summed E-state index contributed by atoms with van der Waals surface area (Å²) in [6, 6.07) is 12.7. The minimum Gasteiger partial charge on any atom is -0.348 e. The number of amides is 1. The lowest BCUT2D eigenvalue weighted by molar-refractivity contribution is -0.122. The Bertz CT molecular complexity index is 1050. The van der Waals surface area contributed by atoms with Gasteiger partial charge in [-0.1, -0.05) is 31.2 Å². The number of nitrogens with one attached hydrogen (secondary N) is 1. The van der Waals surface area contributed by atoms with Crippen molar-refractivity contribution in [1.29, 1.82) is 5.26 Å². The molecule has 5 nitrogen and oxygen atoms in total. The molecule has 0 radical (unpaired) electrons. The highest BCUT2D eigenvalue weighted by Crippen LogP contribution is 2.25. The van der Waals surface area contributed by atoms with Gasteiger partial charge in [-0.3, -0.25) is 4.79 Å². The number of aromatic nitrogens is 2. The van der Waals surface area contributed by atoms with Crippen LogP contribution in [0, 0.1) is 24.1 Å². The lowest BCUT2D eigenvalue weighted by Gasteiger charge is -2.18. The average Bonchev–Trinajstić information content (AvgIpc) is 3.06. The normalized spacial score (nSPS) is 13.1. The number of halogens is 1. The van der Waals surface area contributed by atoms with Gasteiger partial charge in [0.15, 0.2) is 0 Å². The topological polar surface area (TPSA) is 70.7 Å². The number of para-hydroxylation sites is 1. The van der Waals surface area contributed by atoms with E-state index in [0.717, 1.165) is 23.1 Å². The van der Waals surface area contributed by atoms with Gasteiger partial charge in [0.25, 0.3) is 0 Å². The third kappa shape index (κ3) is 3.89. The molecule has 28 heavy (non-hydrogen) atoms. The number of aryl methyl sites for hydroxylation is 1. The molecule has 0 saturated heterocycles. The molecule has 1 N–H and O–H groups in total. The molecule has 0 fully saturated rings. The Morgan fingerprint density at radius 1 is 1.36 bits per heavy atom. The van der Waals surface area contributed by atoms with Crippen molar-refractivity contribution in [3.8, 4) is 6.07 Å². The van der Waals surface area contributed by atoms with E-state index in [9.17, 15) is 14.4 Å². The van der Waals surface area contributed by atoms with Crippen LogP contribution in [0.2, 0.25) is 0 Å². The van der Waals surface area contributed by atoms with Gasteiger partial charge in [-0.25, -0.2) is 9.37 Å². The monoisotopic (exact) mass is 378 g/mol. The molecule has 1 amide bonds. The van der Waals surface area contributed by atoms with E-state index in [-0.39, 0.29) is 24.4 Å². The van der Waals surface area contributed by atoms with Crippen molar-refractivity contribution in [1.82, 2.24) is 14.9 Å². The Morgan fingerprint density at radius 2 is 2.14 bits per heavy atom. The molecule has 1 aromatic heterocycles. The summed E-state index contributed by atoms with van der Waals surface area (Å²) in [4.78, 5) is 16.6. The van der Waals surface area contributed by atoms with Crippen LogP contribution in [-0.2, 0) is 11.3 Å². The number of rotatable bonds is 6. The second kappa shape index (κ2) is 8.22. The quantitative estimate of drug-likeness (QED) is 0.692. The third-order valence-corrected chi connectivity index (χ3v) is 5.01. The molecular weight excluding hydrogens is 355 g/mol. The number of hydrogen-bond acceptors (Lipinski definition) is 3. The first-order chi connectivity index (χ1) is 13.4. The number of hydrogen-bond donors (Lipinski definition) is 1. The Balaban J connectivity index is 1.73. The van der Waals surface area contributed by atoms with Crippen LogP contribution in [0.3, 0.4) is 0 Å². The van der Waals surface area contributed by atoms with E-state index >= 15 is 0 Å². The zero-order chi connectivity index (χ0) is 20.3. The lowest BCUT2D eigenvalue weighted by Crippen LogP contribution is -2.30. The molecule has 0 spiro atoms. The largest absolute Gasteiger partial charge is 0.348 e. The van der Waals surface area contributed by atoms with Crippen molar-refractivity contribution in [2.24, 2.45) is 0 Å². The number of nitriles is 1. The van der Waals surface area contributed by atoms with Gasteiger partial charge in [0, 0.05) is 0 Å². The average molecular weight is 378 g/mol. The standard InChI is InChI=1S/C22H23FN4O/c1-4-16(11-24)17-8-9-18(14(2)10-17)15(3)26-21(28)12-27-13-25-20-7-5-6-19(23)22(20)27/h5-10,13,15-16H,4,12H2,1-3H3,(H,26,28). The van der Waals surface area contributed by atoms with Gasteiger partial charge in [-0.2, -0.15) is 5.26 Å². The Labute approximate surface area is 163 Å². The molecule has 0 aliphatic rings. The highest BCUT2D eigenvalue weighted by atomic mass is 19.1. The van der Waals surface area contributed by atoms with Gasteiger partial charge >= 0.3 is 0 Å². The summed E-state index contributed by atoms with van der Waals surface area (Å²) in [7, 11) is 0. The van der Waals surface area contributed by atoms with Crippen molar-refractivity contribution >= 4 is 16.9 Å². The maximum atomic E-state index is 14.1. The van der Waals surface area contributed by atoms with Crippen molar-refractivity contribution in [3.63, 3.8) is 0 Å². The molecule has 144 valence electrons. The Kier molecular flexibility index (Phi) is 5.74. The predicted octanol–water partition coefficient (Wildman–Crippen LogP) is 4.38. The number of fused-ring (bicyclic) bond motifs is 1. The fourth-order valence-electron chi connectivity index (χ4n) is 3.52. The molecule has 0 bridgehead atoms. The highest BCUT2D eigenvalue weighted by molar-refractivity contribution is 5.81. The van der Waals surface area contributed by atoms with E-state index < -0.39 is 5.82 Å². The maximum absolute atomic E-state index is 14.1. The molecule has 6 heteroatoms. The first-order valence-corrected chi connectivity index (χ1v) is 9.33. The molecule has 1 heterocycles. The first-order valence-electron chi connectivity index (χ1n) is 9.33. The van der Waals surface area contributed by atoms with Crippen molar-refractivity contribution < 1.29 is 9.18 Å². The Morgan fingerprint density at radius 3 is 2.82 bits per heavy atom. The number of carbonyl (C=O) groups excluding carboxylic acids is 1. The molecule has 3 aromatic rings. The summed E-state index contributed by atoms with van der Waals surface area (Å²) in [5.74, 6) is -0.741. The molecule has 2 atom stereocenters. The first kappa shape index (κ1) is 19.6. The molecule has 2 unspecified atom stereocenters. The summed E-state index contributed by atoms with van der Waals surface area (Å²) < 4.78 is 15.6. The SMILES string of the molecule is CCC(C#N)c1ccc(C(C)NC(=O)Cn2cnc3cccc(F)c32)c(C)c1. The van der Waals surface area contributed by atoms with Crippen LogP contribution >= 0.6 is 0 Å². The smallest absolute Gasteiger partial charge is 0.240 e. The van der Waals surface area contributed by atoms with Gasteiger partial charge in [-0.15, -0.1) is 0 Å². The van der Waals surface area contributed by atoms with Crippen LogP contribution in [0.4, 0.5) is 4.39 Å². The zero-order valence-corrected chi connectivity index (χ0v) is 16.2. The number of imidazole rings is 1. The number of nitrogens with zero attached hydrogens (tertiary/aromatic N) is 3. The lowest BCUT2D eigenvalue weighted by atomic mass is 9.92. The predicted molar refractivity (Wildman–Crippen MR) is 106 cm³/mol. The fraction of sp³-hybridized carbons (Fsp3) is 0.318. The van der Waals surface area contributed by atoms with E-state index in [1.807, 2.05) is 39.0 Å². The summed E-state index contributed by atoms with van der Waals surface area (Å²) in [6.07, 6.45) is 2.24. The highest BCUT2D eigenvalue weighted by Gasteiger charge is 2.16. The van der Waals surface area contributed by atoms with E-state index in [2.05, 4.69) is 16.4 Å².